The van der Waals surface area contributed by atoms with Crippen LogP contribution in [0.3, 0.4) is 0 Å². The van der Waals surface area contributed by atoms with Gasteiger partial charge in [0.1, 0.15) is 5.82 Å². The first-order chi connectivity index (χ1) is 6.74. The number of hydrogen-bond donors (Lipinski definition) is 1. The number of imidazole rings is 1. The number of nitrogens with zero attached hydrogens (tertiary/aromatic N) is 2. The van der Waals surface area contributed by atoms with Crippen LogP contribution in [-0.2, 0) is 6.54 Å². The maximum Gasteiger partial charge on any atom is 0.127 e. The first kappa shape index (κ1) is 9.68. The molecule has 0 saturated heterocycles. The molecule has 74 valence electrons. The van der Waals surface area contributed by atoms with Gasteiger partial charge in [-0.15, -0.1) is 0 Å². The van der Waals surface area contributed by atoms with Crippen LogP contribution in [-0.4, -0.2) is 16.4 Å². The molecule has 14 heavy (non-hydrogen) atoms. The molecule has 4 heteroatoms. The first-order valence-electron chi connectivity index (χ1n) is 4.50. The quantitative estimate of drug-likeness (QED) is 0.889. The topological polar surface area (TPSA) is 29.3 Å². The maximum atomic E-state index is 4.51. The zero-order chi connectivity index (χ0) is 10.1. The third-order valence-corrected chi connectivity index (χ3v) is 2.84. The standard InChI is InChI=1S/C10H12BrN3/c1-7-10-8(11)4-3-5-14(10)9(13-7)6-12-2/h3-5,12H,6H2,1-2H3. The molecule has 2 aromatic rings. The second-order valence-electron chi connectivity index (χ2n) is 3.22. The first-order valence-corrected chi connectivity index (χ1v) is 5.30. The van der Waals surface area contributed by atoms with Crippen molar-refractivity contribution >= 4 is 21.4 Å². The van der Waals surface area contributed by atoms with E-state index in [2.05, 4.69) is 30.6 Å². The van der Waals surface area contributed by atoms with E-state index in [0.29, 0.717) is 0 Å². The van der Waals surface area contributed by atoms with E-state index in [-0.39, 0.29) is 0 Å². The lowest BCUT2D eigenvalue weighted by Gasteiger charge is -2.00. The molecule has 0 aliphatic rings. The van der Waals surface area contributed by atoms with Crippen molar-refractivity contribution < 1.29 is 0 Å². The molecule has 0 aliphatic carbocycles. The molecule has 0 saturated carbocycles. The Morgan fingerprint density at radius 1 is 1.57 bits per heavy atom. The molecule has 0 amide bonds. The van der Waals surface area contributed by atoms with Gasteiger partial charge in [-0.1, -0.05) is 0 Å². The predicted octanol–water partition coefficient (Wildman–Crippen LogP) is 2.12. The van der Waals surface area contributed by atoms with Gasteiger partial charge in [-0.05, 0) is 42.0 Å². The number of rotatable bonds is 2. The van der Waals surface area contributed by atoms with E-state index < -0.39 is 0 Å². The van der Waals surface area contributed by atoms with Crippen molar-refractivity contribution in [2.45, 2.75) is 13.5 Å². The van der Waals surface area contributed by atoms with Crippen molar-refractivity contribution in [1.29, 1.82) is 0 Å². The summed E-state index contributed by atoms with van der Waals surface area (Å²) in [5.74, 6) is 1.04. The highest BCUT2D eigenvalue weighted by atomic mass is 79.9. The lowest BCUT2D eigenvalue weighted by molar-refractivity contribution is 0.753. The normalized spacial score (nSPS) is 11.1. The van der Waals surface area contributed by atoms with Crippen molar-refractivity contribution in [3.8, 4) is 0 Å². The third kappa shape index (κ3) is 1.44. The minimum atomic E-state index is 0.783. The highest BCUT2D eigenvalue weighted by molar-refractivity contribution is 9.10. The summed E-state index contributed by atoms with van der Waals surface area (Å²) in [6.45, 7) is 2.81. The molecule has 0 bridgehead atoms. The van der Waals surface area contributed by atoms with E-state index in [1.807, 2.05) is 32.3 Å². The van der Waals surface area contributed by atoms with Crippen LogP contribution in [0, 0.1) is 6.92 Å². The van der Waals surface area contributed by atoms with Crippen molar-refractivity contribution in [3.05, 3.63) is 34.3 Å². The average Bonchev–Trinajstić information content (AvgIpc) is 2.46. The zero-order valence-electron chi connectivity index (χ0n) is 8.21. The van der Waals surface area contributed by atoms with E-state index in [1.165, 1.54) is 0 Å². The van der Waals surface area contributed by atoms with E-state index in [0.717, 1.165) is 28.1 Å². The molecule has 0 fully saturated rings. The molecule has 2 rings (SSSR count). The monoisotopic (exact) mass is 253 g/mol. The molecule has 2 aromatic heterocycles. The van der Waals surface area contributed by atoms with Crippen molar-refractivity contribution in [1.82, 2.24) is 14.7 Å². The number of pyridine rings is 1. The van der Waals surface area contributed by atoms with Crippen molar-refractivity contribution in [2.24, 2.45) is 0 Å². The Labute approximate surface area is 91.3 Å². The summed E-state index contributed by atoms with van der Waals surface area (Å²) in [6.07, 6.45) is 2.03. The SMILES string of the molecule is CNCc1nc(C)c2c(Br)cccn12. The van der Waals surface area contributed by atoms with Crippen molar-refractivity contribution in [3.63, 3.8) is 0 Å². The summed E-state index contributed by atoms with van der Waals surface area (Å²) in [4.78, 5) is 4.51. The van der Waals surface area contributed by atoms with Crippen LogP contribution in [0.15, 0.2) is 22.8 Å². The molecule has 0 aromatic carbocycles. The van der Waals surface area contributed by atoms with Crippen LogP contribution >= 0.6 is 15.9 Å². The van der Waals surface area contributed by atoms with Gasteiger partial charge >= 0.3 is 0 Å². The number of fused-ring (bicyclic) bond motifs is 1. The molecule has 3 nitrogen and oxygen atoms in total. The van der Waals surface area contributed by atoms with E-state index in [1.54, 1.807) is 0 Å². The lowest BCUT2D eigenvalue weighted by Crippen LogP contribution is -2.08. The number of aromatic nitrogens is 2. The molecule has 1 N–H and O–H groups in total. The number of halogens is 1. The van der Waals surface area contributed by atoms with Crippen LogP contribution in [0.25, 0.3) is 5.52 Å². The van der Waals surface area contributed by atoms with Gasteiger partial charge in [0.15, 0.2) is 0 Å². The molecule has 0 aliphatic heterocycles. The zero-order valence-corrected chi connectivity index (χ0v) is 9.80. The number of aryl methyl sites for hydroxylation is 1. The van der Waals surface area contributed by atoms with Gasteiger partial charge in [-0.2, -0.15) is 0 Å². The van der Waals surface area contributed by atoms with Gasteiger partial charge in [-0.3, -0.25) is 0 Å². The Morgan fingerprint density at radius 2 is 2.36 bits per heavy atom. The van der Waals surface area contributed by atoms with E-state index >= 15 is 0 Å². The fraction of sp³-hybridized carbons (Fsp3) is 0.300. The van der Waals surface area contributed by atoms with Crippen LogP contribution in [0.2, 0.25) is 0 Å². The van der Waals surface area contributed by atoms with Gasteiger partial charge in [-0.25, -0.2) is 4.98 Å². The average molecular weight is 254 g/mol. The Bertz CT molecular complexity index is 462. The van der Waals surface area contributed by atoms with Crippen LogP contribution in [0.1, 0.15) is 11.5 Å². The molecule has 0 unspecified atom stereocenters. The molecular formula is C10H12BrN3. The fourth-order valence-electron chi connectivity index (χ4n) is 1.63. The van der Waals surface area contributed by atoms with Gasteiger partial charge in [0.2, 0.25) is 0 Å². The van der Waals surface area contributed by atoms with Crippen LogP contribution in [0.4, 0.5) is 0 Å². The van der Waals surface area contributed by atoms with Gasteiger partial charge in [0.25, 0.3) is 0 Å². The Balaban J connectivity index is 2.71. The third-order valence-electron chi connectivity index (χ3n) is 2.20. The lowest BCUT2D eigenvalue weighted by atomic mass is 10.3. The summed E-state index contributed by atoms with van der Waals surface area (Å²) in [5.41, 5.74) is 2.21. The molecule has 0 atom stereocenters. The predicted molar refractivity (Wildman–Crippen MR) is 60.4 cm³/mol. The van der Waals surface area contributed by atoms with Crippen LogP contribution < -0.4 is 5.32 Å². The van der Waals surface area contributed by atoms with Gasteiger partial charge in [0, 0.05) is 10.7 Å². The summed E-state index contributed by atoms with van der Waals surface area (Å²) < 4.78 is 3.20. The Kier molecular flexibility index (Phi) is 2.56. The summed E-state index contributed by atoms with van der Waals surface area (Å²) in [6, 6.07) is 4.05. The van der Waals surface area contributed by atoms with Crippen molar-refractivity contribution in [2.75, 3.05) is 7.05 Å². The van der Waals surface area contributed by atoms with Gasteiger partial charge < -0.3 is 9.72 Å². The van der Waals surface area contributed by atoms with Gasteiger partial charge in [0.05, 0.1) is 17.8 Å². The smallest absolute Gasteiger partial charge is 0.127 e. The Hall–Kier alpha value is -0.870. The minimum absolute atomic E-state index is 0.783. The highest BCUT2D eigenvalue weighted by Gasteiger charge is 2.08. The minimum Gasteiger partial charge on any atom is -0.313 e. The second-order valence-corrected chi connectivity index (χ2v) is 4.07. The number of hydrogen-bond acceptors (Lipinski definition) is 2. The highest BCUT2D eigenvalue weighted by Crippen LogP contribution is 2.21. The largest absolute Gasteiger partial charge is 0.313 e. The van der Waals surface area contributed by atoms with Crippen LogP contribution in [0.5, 0.6) is 0 Å². The molecular weight excluding hydrogens is 242 g/mol. The van der Waals surface area contributed by atoms with E-state index in [4.69, 9.17) is 0 Å². The second kappa shape index (κ2) is 3.71. The summed E-state index contributed by atoms with van der Waals surface area (Å²) in [7, 11) is 1.92. The number of nitrogens with one attached hydrogen (secondary N) is 1. The fourth-order valence-corrected chi connectivity index (χ4v) is 2.26. The molecule has 0 spiro atoms. The summed E-state index contributed by atoms with van der Waals surface area (Å²) >= 11 is 3.53. The molecule has 0 radical (unpaired) electrons. The Morgan fingerprint density at radius 3 is 3.07 bits per heavy atom. The molecule has 2 heterocycles. The van der Waals surface area contributed by atoms with E-state index in [9.17, 15) is 0 Å². The maximum absolute atomic E-state index is 4.51. The summed E-state index contributed by atoms with van der Waals surface area (Å²) in [5, 5.41) is 3.11.